The molecule has 1 saturated heterocycles. The minimum atomic E-state index is -0.701. The van der Waals surface area contributed by atoms with E-state index in [-0.39, 0.29) is 51.1 Å². The van der Waals surface area contributed by atoms with Crippen LogP contribution in [0.4, 0.5) is 4.79 Å². The van der Waals surface area contributed by atoms with Gasteiger partial charge in [-0.25, -0.2) is 4.79 Å². The number of hydrogen-bond donors (Lipinski definition) is 0. The van der Waals surface area contributed by atoms with Crippen LogP contribution in [0.2, 0.25) is 10.0 Å². The van der Waals surface area contributed by atoms with Crippen LogP contribution < -0.4 is 14.2 Å². The number of halogens is 2. The average Bonchev–Trinajstić information content (AvgIpc) is 3.17. The highest BCUT2D eigenvalue weighted by molar-refractivity contribution is 8.18. The van der Waals surface area contributed by atoms with Crippen LogP contribution in [0.5, 0.6) is 17.2 Å². The van der Waals surface area contributed by atoms with Gasteiger partial charge in [0.2, 0.25) is 0 Å². The Morgan fingerprint density at radius 2 is 1.77 bits per heavy atom. The maximum Gasteiger partial charge on any atom is 0.345 e. The van der Waals surface area contributed by atoms with Crippen molar-refractivity contribution in [2.24, 2.45) is 0 Å². The Balaban J connectivity index is 1.48. The highest BCUT2D eigenvalue weighted by atomic mass is 35.5. The number of carbonyl (C=O) groups excluding carboxylic acids is 3. The van der Waals surface area contributed by atoms with E-state index in [1.54, 1.807) is 24.3 Å². The second kappa shape index (κ2) is 12.8. The summed E-state index contributed by atoms with van der Waals surface area (Å²) in [6.45, 7) is 6.41. The molecule has 3 aromatic rings. The standard InChI is InChI=1S/C30H27Cl2NO6S/c1-17(2)20-10-9-18(3)13-24(20)38-12-11-33-28(34)26(40-30(33)36)16-19-14-23(32)27(25(15-19)37-4)39-29(35)21-7-5-6-8-22(21)31/h5-10,13-17H,11-12H2,1-4H3/b26-16-. The zero-order chi connectivity index (χ0) is 29.0. The molecule has 0 bridgehead atoms. The number of imide groups is 1. The summed E-state index contributed by atoms with van der Waals surface area (Å²) in [7, 11) is 1.40. The Kier molecular flexibility index (Phi) is 9.45. The molecule has 1 aliphatic rings. The SMILES string of the molecule is COc1cc(/C=C2\SC(=O)N(CCOc3cc(C)ccc3C(C)C)C2=O)cc(Cl)c1OC(=O)c1ccccc1Cl. The predicted molar refractivity (Wildman–Crippen MR) is 158 cm³/mol. The molecule has 0 N–H and O–H groups in total. The van der Waals surface area contributed by atoms with Crippen molar-refractivity contribution >= 4 is 58.2 Å². The van der Waals surface area contributed by atoms with Crippen LogP contribution in [0.25, 0.3) is 6.08 Å². The predicted octanol–water partition coefficient (Wildman–Crippen LogP) is 7.77. The maximum absolute atomic E-state index is 13.0. The van der Waals surface area contributed by atoms with Crippen LogP contribution in [-0.4, -0.2) is 42.3 Å². The summed E-state index contributed by atoms with van der Waals surface area (Å²) in [6, 6.07) is 15.6. The first-order chi connectivity index (χ1) is 19.1. The molecular formula is C30H27Cl2NO6S. The molecule has 1 fully saturated rings. The van der Waals surface area contributed by atoms with Crippen LogP contribution in [-0.2, 0) is 4.79 Å². The van der Waals surface area contributed by atoms with Crippen molar-refractivity contribution in [3.63, 3.8) is 0 Å². The van der Waals surface area contributed by atoms with Gasteiger partial charge in [-0.15, -0.1) is 0 Å². The lowest BCUT2D eigenvalue weighted by molar-refractivity contribution is -0.123. The van der Waals surface area contributed by atoms with Gasteiger partial charge in [-0.05, 0) is 77.7 Å². The summed E-state index contributed by atoms with van der Waals surface area (Å²) >= 11 is 13.4. The first-order valence-corrected chi connectivity index (χ1v) is 14.0. The van der Waals surface area contributed by atoms with Gasteiger partial charge >= 0.3 is 5.97 Å². The van der Waals surface area contributed by atoms with E-state index in [0.717, 1.165) is 33.5 Å². The normalized spacial score (nSPS) is 14.3. The maximum atomic E-state index is 13.0. The average molecular weight is 601 g/mol. The summed E-state index contributed by atoms with van der Waals surface area (Å²) in [5.74, 6) is 0.0591. The molecule has 3 aromatic carbocycles. The van der Waals surface area contributed by atoms with Crippen molar-refractivity contribution in [2.75, 3.05) is 20.3 Å². The van der Waals surface area contributed by atoms with Crippen molar-refractivity contribution < 1.29 is 28.6 Å². The molecule has 0 aromatic heterocycles. The summed E-state index contributed by atoms with van der Waals surface area (Å²) in [6.07, 6.45) is 1.54. The molecule has 0 spiro atoms. The third-order valence-corrected chi connectivity index (χ3v) is 7.59. The molecule has 0 radical (unpaired) electrons. The van der Waals surface area contributed by atoms with Crippen LogP contribution in [0.1, 0.15) is 46.8 Å². The van der Waals surface area contributed by atoms with Gasteiger partial charge in [0.15, 0.2) is 11.5 Å². The van der Waals surface area contributed by atoms with Crippen LogP contribution in [0.3, 0.4) is 0 Å². The van der Waals surface area contributed by atoms with E-state index in [2.05, 4.69) is 13.8 Å². The summed E-state index contributed by atoms with van der Waals surface area (Å²) in [4.78, 5) is 39.7. The molecule has 10 heteroatoms. The molecule has 1 heterocycles. The molecule has 7 nitrogen and oxygen atoms in total. The van der Waals surface area contributed by atoms with Crippen molar-refractivity contribution in [3.05, 3.63) is 91.8 Å². The zero-order valence-corrected chi connectivity index (χ0v) is 24.7. The van der Waals surface area contributed by atoms with Crippen molar-refractivity contribution in [3.8, 4) is 17.2 Å². The molecule has 1 aliphatic heterocycles. The Bertz CT molecular complexity index is 1500. The number of aryl methyl sites for hydroxylation is 1. The monoisotopic (exact) mass is 599 g/mol. The molecule has 4 rings (SSSR count). The van der Waals surface area contributed by atoms with Gasteiger partial charge < -0.3 is 14.2 Å². The van der Waals surface area contributed by atoms with Gasteiger partial charge in [0.1, 0.15) is 12.4 Å². The summed E-state index contributed by atoms with van der Waals surface area (Å²) in [5.41, 5.74) is 2.79. The highest BCUT2D eigenvalue weighted by Crippen LogP contribution is 2.39. The lowest BCUT2D eigenvalue weighted by atomic mass is 10.0. The van der Waals surface area contributed by atoms with E-state index in [1.165, 1.54) is 25.3 Å². The van der Waals surface area contributed by atoms with E-state index >= 15 is 0 Å². The van der Waals surface area contributed by atoms with E-state index < -0.39 is 17.1 Å². The van der Waals surface area contributed by atoms with E-state index in [0.29, 0.717) is 5.56 Å². The van der Waals surface area contributed by atoms with Gasteiger partial charge in [0.25, 0.3) is 11.1 Å². The summed E-state index contributed by atoms with van der Waals surface area (Å²) < 4.78 is 16.8. The lowest BCUT2D eigenvalue weighted by Gasteiger charge is -2.17. The fourth-order valence-corrected chi connectivity index (χ4v) is 5.37. The fraction of sp³-hybridized carbons (Fsp3) is 0.233. The quantitative estimate of drug-likeness (QED) is 0.141. The number of methoxy groups -OCH3 is 1. The third-order valence-electron chi connectivity index (χ3n) is 6.08. The second-order valence-corrected chi connectivity index (χ2v) is 11.1. The second-order valence-electron chi connectivity index (χ2n) is 9.28. The number of carbonyl (C=O) groups is 3. The number of esters is 1. The number of benzene rings is 3. The number of ether oxygens (including phenoxy) is 3. The smallest absolute Gasteiger partial charge is 0.345 e. The highest BCUT2D eigenvalue weighted by Gasteiger charge is 2.35. The summed E-state index contributed by atoms with van der Waals surface area (Å²) in [5, 5.41) is -0.0751. The molecule has 0 saturated carbocycles. The Labute approximate surface area is 247 Å². The minimum absolute atomic E-state index is 0.00778. The van der Waals surface area contributed by atoms with Crippen LogP contribution in [0, 0.1) is 6.92 Å². The first-order valence-electron chi connectivity index (χ1n) is 12.4. The van der Waals surface area contributed by atoms with E-state index in [9.17, 15) is 14.4 Å². The molecule has 208 valence electrons. The van der Waals surface area contributed by atoms with Crippen LogP contribution >= 0.6 is 35.0 Å². The third kappa shape index (κ3) is 6.63. The molecule has 0 atom stereocenters. The van der Waals surface area contributed by atoms with Gasteiger partial charge in [0.05, 0.1) is 34.2 Å². The van der Waals surface area contributed by atoms with Gasteiger partial charge in [0, 0.05) is 0 Å². The zero-order valence-electron chi connectivity index (χ0n) is 22.3. The molecular weight excluding hydrogens is 573 g/mol. The number of amides is 2. The lowest BCUT2D eigenvalue weighted by Crippen LogP contribution is -2.32. The largest absolute Gasteiger partial charge is 0.493 e. The van der Waals surface area contributed by atoms with Gasteiger partial charge in [-0.3, -0.25) is 14.5 Å². The van der Waals surface area contributed by atoms with Crippen molar-refractivity contribution in [1.29, 1.82) is 0 Å². The molecule has 2 amide bonds. The van der Waals surface area contributed by atoms with Gasteiger partial charge in [-0.2, -0.15) is 0 Å². The topological polar surface area (TPSA) is 82.1 Å². The number of rotatable bonds is 9. The van der Waals surface area contributed by atoms with E-state index in [4.69, 9.17) is 37.4 Å². The van der Waals surface area contributed by atoms with Crippen molar-refractivity contribution in [1.82, 2.24) is 4.90 Å². The Hall–Kier alpha value is -3.46. The Morgan fingerprint density at radius 1 is 1.02 bits per heavy atom. The number of nitrogens with zero attached hydrogens (tertiary/aromatic N) is 1. The minimum Gasteiger partial charge on any atom is -0.493 e. The number of thioether (sulfide) groups is 1. The molecule has 0 aliphatic carbocycles. The molecule has 0 unspecified atom stereocenters. The van der Waals surface area contributed by atoms with Crippen LogP contribution in [0.15, 0.2) is 59.5 Å². The number of hydrogen-bond acceptors (Lipinski definition) is 7. The Morgan fingerprint density at radius 3 is 2.48 bits per heavy atom. The molecule has 40 heavy (non-hydrogen) atoms. The van der Waals surface area contributed by atoms with Gasteiger partial charge in [-0.1, -0.05) is 61.3 Å². The first kappa shape index (κ1) is 29.5. The fourth-order valence-electron chi connectivity index (χ4n) is 4.03. The van der Waals surface area contributed by atoms with Crippen molar-refractivity contribution in [2.45, 2.75) is 26.7 Å². The van der Waals surface area contributed by atoms with E-state index in [1.807, 2.05) is 25.1 Å².